The number of carbonyl (C=O) groups excluding carboxylic acids is 3. The highest BCUT2D eigenvalue weighted by molar-refractivity contribution is 6.45. The van der Waals surface area contributed by atoms with Gasteiger partial charge in [0.1, 0.15) is 5.75 Å². The van der Waals surface area contributed by atoms with E-state index in [1.165, 1.54) is 12.3 Å². The van der Waals surface area contributed by atoms with Crippen LogP contribution in [-0.2, 0) is 14.4 Å². The second-order valence-electron chi connectivity index (χ2n) is 7.54. The van der Waals surface area contributed by atoms with Crippen LogP contribution in [0.3, 0.4) is 0 Å². The first-order chi connectivity index (χ1) is 16.7. The number of ether oxygens (including phenoxy) is 1. The quantitative estimate of drug-likeness (QED) is 0.241. The summed E-state index contributed by atoms with van der Waals surface area (Å²) in [4.78, 5) is 36.2. The van der Waals surface area contributed by atoms with Crippen LogP contribution < -0.4 is 20.8 Å². The molecule has 0 bridgehead atoms. The van der Waals surface area contributed by atoms with Crippen LogP contribution in [0.2, 0.25) is 10.0 Å². The Kier molecular flexibility index (Phi) is 8.83. The second kappa shape index (κ2) is 12.0. The summed E-state index contributed by atoms with van der Waals surface area (Å²) in [5.74, 6) is -1.82. The van der Waals surface area contributed by atoms with Crippen molar-refractivity contribution in [3.8, 4) is 5.75 Å². The number of hydrogen-bond donors (Lipinski definition) is 3. The molecule has 3 aromatic carbocycles. The summed E-state index contributed by atoms with van der Waals surface area (Å²) < 4.78 is 5.55. The van der Waals surface area contributed by atoms with Gasteiger partial charge in [-0.25, -0.2) is 5.43 Å². The zero-order valence-electron chi connectivity index (χ0n) is 18.9. The zero-order valence-corrected chi connectivity index (χ0v) is 20.4. The van der Waals surface area contributed by atoms with E-state index in [0.29, 0.717) is 17.0 Å². The lowest BCUT2D eigenvalue weighted by Crippen LogP contribution is -2.32. The Balaban J connectivity index is 1.50. The number of nitrogens with zero attached hydrogens (tertiary/aromatic N) is 1. The van der Waals surface area contributed by atoms with Gasteiger partial charge in [-0.15, -0.1) is 0 Å². The van der Waals surface area contributed by atoms with Crippen LogP contribution in [-0.4, -0.2) is 30.5 Å². The molecular weight excluding hydrogens is 491 g/mol. The van der Waals surface area contributed by atoms with Gasteiger partial charge in [0.15, 0.2) is 6.61 Å². The summed E-state index contributed by atoms with van der Waals surface area (Å²) in [5.41, 5.74) is 5.71. The van der Waals surface area contributed by atoms with Crippen molar-refractivity contribution in [2.24, 2.45) is 5.10 Å². The normalized spacial score (nSPS) is 10.6. The number of nitrogens with one attached hydrogen (secondary N) is 3. The first kappa shape index (κ1) is 25.7. The van der Waals surface area contributed by atoms with E-state index in [2.05, 4.69) is 21.2 Å². The third kappa shape index (κ3) is 7.84. The predicted molar refractivity (Wildman–Crippen MR) is 137 cm³/mol. The Morgan fingerprint density at radius 1 is 0.914 bits per heavy atom. The molecule has 0 radical (unpaired) electrons. The molecule has 3 N–H and O–H groups in total. The fraction of sp³-hybridized carbons (Fsp3) is 0.120. The molecule has 0 unspecified atom stereocenters. The smallest absolute Gasteiger partial charge is 0.329 e. The number of anilines is 2. The van der Waals surface area contributed by atoms with Gasteiger partial charge in [-0.1, -0.05) is 47.5 Å². The molecule has 3 amide bonds. The van der Waals surface area contributed by atoms with E-state index in [9.17, 15) is 14.4 Å². The molecule has 10 heteroatoms. The molecule has 8 nitrogen and oxygen atoms in total. The molecule has 0 heterocycles. The number of hydrogen-bond acceptors (Lipinski definition) is 5. The molecule has 0 fully saturated rings. The van der Waals surface area contributed by atoms with Crippen molar-refractivity contribution >= 4 is 58.5 Å². The summed E-state index contributed by atoms with van der Waals surface area (Å²) in [6.07, 6.45) is 1.33. The van der Waals surface area contributed by atoms with Crippen LogP contribution >= 0.6 is 23.2 Å². The minimum atomic E-state index is -0.993. The molecule has 0 saturated carbocycles. The Morgan fingerprint density at radius 3 is 2.37 bits per heavy atom. The van der Waals surface area contributed by atoms with Crippen molar-refractivity contribution in [3.05, 3.63) is 87.4 Å². The first-order valence-electron chi connectivity index (χ1n) is 10.4. The van der Waals surface area contributed by atoms with Gasteiger partial charge < -0.3 is 15.4 Å². The van der Waals surface area contributed by atoms with Crippen molar-refractivity contribution < 1.29 is 19.1 Å². The molecule has 0 aliphatic rings. The Bertz CT molecular complexity index is 1270. The molecule has 3 aromatic rings. The molecule has 180 valence electrons. The number of halogens is 2. The molecule has 35 heavy (non-hydrogen) atoms. The Labute approximate surface area is 212 Å². The van der Waals surface area contributed by atoms with Gasteiger partial charge in [0.2, 0.25) is 0 Å². The summed E-state index contributed by atoms with van der Waals surface area (Å²) in [6.45, 7) is 3.72. The van der Waals surface area contributed by atoms with Crippen LogP contribution in [0, 0.1) is 13.8 Å². The maximum Gasteiger partial charge on any atom is 0.329 e. The predicted octanol–water partition coefficient (Wildman–Crippen LogP) is 4.72. The molecule has 0 spiro atoms. The zero-order chi connectivity index (χ0) is 25.4. The Hall–Kier alpha value is -3.88. The van der Waals surface area contributed by atoms with E-state index in [1.807, 2.05) is 32.0 Å². The average molecular weight is 513 g/mol. The van der Waals surface area contributed by atoms with Crippen LogP contribution in [0.1, 0.15) is 16.7 Å². The van der Waals surface area contributed by atoms with E-state index in [0.717, 1.165) is 11.1 Å². The lowest BCUT2D eigenvalue weighted by atomic mass is 10.1. The maximum atomic E-state index is 12.2. The monoisotopic (exact) mass is 512 g/mol. The summed E-state index contributed by atoms with van der Waals surface area (Å²) in [5, 5.41) is 9.30. The molecule has 3 rings (SSSR count). The lowest BCUT2D eigenvalue weighted by molar-refractivity contribution is -0.136. The fourth-order valence-electron chi connectivity index (χ4n) is 3.07. The molecule has 0 aromatic heterocycles. The van der Waals surface area contributed by atoms with Gasteiger partial charge >= 0.3 is 11.8 Å². The summed E-state index contributed by atoms with van der Waals surface area (Å²) in [7, 11) is 0. The van der Waals surface area contributed by atoms with E-state index in [4.69, 9.17) is 27.9 Å². The molecule has 0 atom stereocenters. The van der Waals surface area contributed by atoms with Crippen LogP contribution in [0.15, 0.2) is 65.8 Å². The molecule has 0 aliphatic carbocycles. The van der Waals surface area contributed by atoms with E-state index < -0.39 is 11.8 Å². The van der Waals surface area contributed by atoms with E-state index in [1.54, 1.807) is 36.4 Å². The number of aryl methyl sites for hydroxylation is 2. The van der Waals surface area contributed by atoms with Gasteiger partial charge in [-0.3, -0.25) is 14.4 Å². The number of hydrazone groups is 1. The highest BCUT2D eigenvalue weighted by Gasteiger charge is 2.15. The molecular formula is C25H22Cl2N4O4. The highest BCUT2D eigenvalue weighted by atomic mass is 35.5. The van der Waals surface area contributed by atoms with Crippen molar-refractivity contribution in [1.29, 1.82) is 0 Å². The van der Waals surface area contributed by atoms with Crippen LogP contribution in [0.4, 0.5) is 11.4 Å². The van der Waals surface area contributed by atoms with Gasteiger partial charge in [0, 0.05) is 5.69 Å². The first-order valence-corrected chi connectivity index (χ1v) is 11.2. The fourth-order valence-corrected chi connectivity index (χ4v) is 3.42. The topological polar surface area (TPSA) is 109 Å². The minimum Gasteiger partial charge on any atom is -0.484 e. The largest absolute Gasteiger partial charge is 0.484 e. The second-order valence-corrected chi connectivity index (χ2v) is 8.33. The number of benzene rings is 3. The van der Waals surface area contributed by atoms with Crippen molar-refractivity contribution in [2.75, 3.05) is 17.2 Å². The van der Waals surface area contributed by atoms with Gasteiger partial charge in [-0.05, 0) is 66.9 Å². The molecule has 0 aliphatic heterocycles. The van der Waals surface area contributed by atoms with Gasteiger partial charge in [0.25, 0.3) is 5.91 Å². The lowest BCUT2D eigenvalue weighted by Gasteiger charge is -2.09. The third-order valence-electron chi connectivity index (χ3n) is 4.52. The maximum absolute atomic E-state index is 12.2. The van der Waals surface area contributed by atoms with Gasteiger partial charge in [-0.2, -0.15) is 5.10 Å². The van der Waals surface area contributed by atoms with Crippen molar-refractivity contribution in [2.45, 2.75) is 13.8 Å². The number of amides is 3. The number of rotatable bonds is 7. The van der Waals surface area contributed by atoms with Crippen LogP contribution in [0.25, 0.3) is 0 Å². The van der Waals surface area contributed by atoms with Crippen LogP contribution in [0.5, 0.6) is 5.75 Å². The number of carbonyl (C=O) groups is 3. The van der Waals surface area contributed by atoms with Gasteiger partial charge in [0.05, 0.1) is 21.9 Å². The summed E-state index contributed by atoms with van der Waals surface area (Å²) >= 11 is 11.9. The molecule has 0 saturated heterocycles. The summed E-state index contributed by atoms with van der Waals surface area (Å²) in [6, 6.07) is 17.1. The van der Waals surface area contributed by atoms with Crippen molar-refractivity contribution in [3.63, 3.8) is 0 Å². The SMILES string of the molecule is Cc1cc(C)cc(NC(=O)COc2cccc(/C=N\NC(=O)C(=O)Nc3cccc(Cl)c3Cl)c2)c1. The Morgan fingerprint density at radius 2 is 1.63 bits per heavy atom. The van der Waals surface area contributed by atoms with E-state index >= 15 is 0 Å². The van der Waals surface area contributed by atoms with E-state index in [-0.39, 0.29) is 28.2 Å². The highest BCUT2D eigenvalue weighted by Crippen LogP contribution is 2.29. The standard InChI is InChI=1S/C25H22Cl2N4O4/c1-15-9-16(2)11-18(10-15)29-22(32)14-35-19-6-3-5-17(12-19)13-28-31-25(34)24(33)30-21-8-4-7-20(26)23(21)27/h3-13H,14H2,1-2H3,(H,29,32)(H,30,33)(H,31,34)/b28-13-. The average Bonchev–Trinajstić information content (AvgIpc) is 2.80. The third-order valence-corrected chi connectivity index (χ3v) is 5.34. The van der Waals surface area contributed by atoms with Crippen molar-refractivity contribution in [1.82, 2.24) is 5.43 Å². The minimum absolute atomic E-state index is 0.123.